The van der Waals surface area contributed by atoms with Crippen molar-refractivity contribution in [2.75, 3.05) is 20.3 Å². The summed E-state index contributed by atoms with van der Waals surface area (Å²) in [6.45, 7) is 0.933. The van der Waals surface area contributed by atoms with E-state index in [2.05, 4.69) is 0 Å². The standard InChI is InChI=1S/C15H15FO4/c1-18-15(5-7-19-8-6-15)14(17)12-9-10-3-2-4-11(16)13(10)20-12/h2-4,9H,5-8H2,1H3. The number of ketones is 1. The summed E-state index contributed by atoms with van der Waals surface area (Å²) < 4.78 is 29.7. The van der Waals surface area contributed by atoms with Gasteiger partial charge in [0.15, 0.2) is 17.2 Å². The van der Waals surface area contributed by atoms with Gasteiger partial charge in [-0.1, -0.05) is 12.1 Å². The molecule has 0 atom stereocenters. The van der Waals surface area contributed by atoms with Gasteiger partial charge in [-0.05, 0) is 12.1 Å². The molecule has 0 aliphatic carbocycles. The van der Waals surface area contributed by atoms with Crippen molar-refractivity contribution >= 4 is 16.8 Å². The van der Waals surface area contributed by atoms with E-state index >= 15 is 0 Å². The highest BCUT2D eigenvalue weighted by molar-refractivity contribution is 6.03. The SMILES string of the molecule is COC1(C(=O)c2cc3cccc(F)c3o2)CCOCC1. The second-order valence-electron chi connectivity index (χ2n) is 4.91. The lowest BCUT2D eigenvalue weighted by Gasteiger charge is -2.33. The summed E-state index contributed by atoms with van der Waals surface area (Å²) in [5, 5.41) is 0.576. The molecule has 0 radical (unpaired) electrons. The molecule has 0 unspecified atom stereocenters. The monoisotopic (exact) mass is 278 g/mol. The average molecular weight is 278 g/mol. The minimum atomic E-state index is -0.928. The molecule has 1 saturated heterocycles. The fraction of sp³-hybridized carbons (Fsp3) is 0.400. The maximum atomic E-state index is 13.6. The highest BCUT2D eigenvalue weighted by Crippen LogP contribution is 2.31. The van der Waals surface area contributed by atoms with Crippen molar-refractivity contribution in [1.29, 1.82) is 0 Å². The van der Waals surface area contributed by atoms with E-state index in [1.165, 1.54) is 13.2 Å². The van der Waals surface area contributed by atoms with Crippen LogP contribution in [0.4, 0.5) is 4.39 Å². The first-order valence-corrected chi connectivity index (χ1v) is 6.52. The summed E-state index contributed by atoms with van der Waals surface area (Å²) in [6.07, 6.45) is 0.948. The Labute approximate surface area is 115 Å². The van der Waals surface area contributed by atoms with Crippen LogP contribution >= 0.6 is 0 Å². The van der Waals surface area contributed by atoms with E-state index in [1.54, 1.807) is 18.2 Å². The molecule has 1 aliphatic rings. The van der Waals surface area contributed by atoms with Gasteiger partial charge in [0.05, 0.1) is 0 Å². The van der Waals surface area contributed by atoms with E-state index in [1.807, 2.05) is 0 Å². The normalized spacial score (nSPS) is 18.3. The van der Waals surface area contributed by atoms with Gasteiger partial charge >= 0.3 is 0 Å². The summed E-state index contributed by atoms with van der Waals surface area (Å²) in [5.74, 6) is -0.590. The second-order valence-corrected chi connectivity index (χ2v) is 4.91. The number of para-hydroxylation sites is 1. The average Bonchev–Trinajstić information content (AvgIpc) is 2.92. The molecule has 1 fully saturated rings. The molecule has 2 aromatic rings. The van der Waals surface area contributed by atoms with Crippen molar-refractivity contribution in [2.45, 2.75) is 18.4 Å². The zero-order chi connectivity index (χ0) is 14.2. The van der Waals surface area contributed by atoms with E-state index in [9.17, 15) is 9.18 Å². The number of methoxy groups -OCH3 is 1. The third-order valence-corrected chi connectivity index (χ3v) is 3.82. The summed E-state index contributed by atoms with van der Waals surface area (Å²) in [5.41, 5.74) is -0.822. The Bertz CT molecular complexity index is 640. The summed E-state index contributed by atoms with van der Waals surface area (Å²) >= 11 is 0. The van der Waals surface area contributed by atoms with Crippen LogP contribution in [0.1, 0.15) is 23.4 Å². The van der Waals surface area contributed by atoms with Crippen molar-refractivity contribution in [1.82, 2.24) is 0 Å². The minimum absolute atomic E-state index is 0.106. The highest BCUT2D eigenvalue weighted by Gasteiger charge is 2.42. The molecule has 1 aromatic heterocycles. The molecule has 5 heteroatoms. The Balaban J connectivity index is 2.01. The van der Waals surface area contributed by atoms with Gasteiger partial charge in [-0.3, -0.25) is 4.79 Å². The number of hydrogen-bond donors (Lipinski definition) is 0. The Morgan fingerprint density at radius 1 is 1.35 bits per heavy atom. The molecule has 0 saturated carbocycles. The van der Waals surface area contributed by atoms with E-state index in [4.69, 9.17) is 13.9 Å². The lowest BCUT2D eigenvalue weighted by molar-refractivity contribution is -0.0673. The molecule has 20 heavy (non-hydrogen) atoms. The fourth-order valence-corrected chi connectivity index (χ4v) is 2.59. The Kier molecular flexibility index (Phi) is 3.31. The first-order chi connectivity index (χ1) is 9.66. The van der Waals surface area contributed by atoms with Crippen molar-refractivity contribution in [3.8, 4) is 0 Å². The largest absolute Gasteiger partial charge is 0.450 e. The number of ether oxygens (including phenoxy) is 2. The zero-order valence-electron chi connectivity index (χ0n) is 11.1. The Hall–Kier alpha value is -1.72. The molecule has 0 N–H and O–H groups in total. The first-order valence-electron chi connectivity index (χ1n) is 6.52. The number of carbonyl (C=O) groups is 1. The Morgan fingerprint density at radius 2 is 2.10 bits per heavy atom. The predicted octanol–water partition coefficient (Wildman–Crippen LogP) is 2.95. The van der Waals surface area contributed by atoms with Crippen LogP contribution in [0.5, 0.6) is 0 Å². The molecular weight excluding hydrogens is 263 g/mol. The van der Waals surface area contributed by atoms with Crippen molar-refractivity contribution in [3.63, 3.8) is 0 Å². The van der Waals surface area contributed by atoms with Crippen LogP contribution in [0, 0.1) is 5.82 Å². The van der Waals surface area contributed by atoms with Crippen LogP contribution in [-0.2, 0) is 9.47 Å². The van der Waals surface area contributed by atoms with Crippen molar-refractivity contribution in [2.24, 2.45) is 0 Å². The smallest absolute Gasteiger partial charge is 0.229 e. The maximum Gasteiger partial charge on any atom is 0.229 e. The summed E-state index contributed by atoms with van der Waals surface area (Å²) in [4.78, 5) is 12.6. The number of fused-ring (bicyclic) bond motifs is 1. The second kappa shape index (κ2) is 5.00. The molecule has 1 aromatic carbocycles. The number of Topliss-reactive ketones (excluding diaryl/α,β-unsaturated/α-hetero) is 1. The molecule has 2 heterocycles. The topological polar surface area (TPSA) is 48.7 Å². The molecule has 0 spiro atoms. The summed E-state index contributed by atoms with van der Waals surface area (Å²) in [7, 11) is 1.51. The molecule has 1 aliphatic heterocycles. The van der Waals surface area contributed by atoms with E-state index in [0.717, 1.165) is 0 Å². The van der Waals surface area contributed by atoms with Crippen LogP contribution < -0.4 is 0 Å². The fourth-order valence-electron chi connectivity index (χ4n) is 2.59. The van der Waals surface area contributed by atoms with Crippen LogP contribution in [-0.4, -0.2) is 31.7 Å². The van der Waals surface area contributed by atoms with Gasteiger partial charge in [0.1, 0.15) is 5.60 Å². The Morgan fingerprint density at radius 3 is 2.75 bits per heavy atom. The number of rotatable bonds is 3. The number of halogens is 1. The van der Waals surface area contributed by atoms with Gasteiger partial charge in [0.25, 0.3) is 0 Å². The van der Waals surface area contributed by atoms with E-state index in [0.29, 0.717) is 31.4 Å². The van der Waals surface area contributed by atoms with E-state index < -0.39 is 11.4 Å². The van der Waals surface area contributed by atoms with Crippen molar-refractivity contribution in [3.05, 3.63) is 35.8 Å². The quantitative estimate of drug-likeness (QED) is 0.810. The van der Waals surface area contributed by atoms with Gasteiger partial charge in [0, 0.05) is 38.6 Å². The minimum Gasteiger partial charge on any atom is -0.450 e. The molecule has 4 nitrogen and oxygen atoms in total. The van der Waals surface area contributed by atoms with Gasteiger partial charge < -0.3 is 13.9 Å². The highest BCUT2D eigenvalue weighted by atomic mass is 19.1. The van der Waals surface area contributed by atoms with Gasteiger partial charge in [-0.15, -0.1) is 0 Å². The van der Waals surface area contributed by atoms with Crippen LogP contribution in [0.2, 0.25) is 0 Å². The van der Waals surface area contributed by atoms with E-state index in [-0.39, 0.29) is 17.1 Å². The third kappa shape index (κ3) is 2.03. The molecule has 3 rings (SSSR count). The van der Waals surface area contributed by atoms with Gasteiger partial charge in [-0.2, -0.15) is 0 Å². The predicted molar refractivity (Wildman–Crippen MR) is 70.3 cm³/mol. The number of furan rings is 1. The molecule has 0 bridgehead atoms. The molecular formula is C15H15FO4. The van der Waals surface area contributed by atoms with Crippen LogP contribution in [0.3, 0.4) is 0 Å². The van der Waals surface area contributed by atoms with Gasteiger partial charge in [-0.25, -0.2) is 4.39 Å². The third-order valence-electron chi connectivity index (χ3n) is 3.82. The first kappa shape index (κ1) is 13.3. The zero-order valence-corrected chi connectivity index (χ0v) is 11.1. The molecule has 0 amide bonds. The number of hydrogen-bond acceptors (Lipinski definition) is 4. The van der Waals surface area contributed by atoms with Crippen LogP contribution in [0.15, 0.2) is 28.7 Å². The lowest BCUT2D eigenvalue weighted by Crippen LogP contribution is -2.45. The maximum absolute atomic E-state index is 13.6. The molecule has 106 valence electrons. The summed E-state index contributed by atoms with van der Waals surface area (Å²) in [6, 6.07) is 6.17. The number of carbonyl (C=O) groups excluding carboxylic acids is 1. The lowest BCUT2D eigenvalue weighted by atomic mass is 9.88. The van der Waals surface area contributed by atoms with Crippen LogP contribution in [0.25, 0.3) is 11.0 Å². The number of benzene rings is 1. The van der Waals surface area contributed by atoms with Gasteiger partial charge in [0.2, 0.25) is 5.78 Å². The van der Waals surface area contributed by atoms with Crippen molar-refractivity contribution < 1.29 is 23.1 Å².